The molecule has 3 aromatic rings. The van der Waals surface area contributed by atoms with E-state index in [1.54, 1.807) is 18.2 Å². The zero-order valence-corrected chi connectivity index (χ0v) is 23.8. The van der Waals surface area contributed by atoms with Crippen LogP contribution in [-0.4, -0.2) is 61.8 Å². The molecule has 0 saturated carbocycles. The summed E-state index contributed by atoms with van der Waals surface area (Å²) in [6.45, 7) is 0. The third-order valence-corrected chi connectivity index (χ3v) is 7.03. The van der Waals surface area contributed by atoms with E-state index < -0.39 is 80.1 Å². The number of carbonyl (C=O) groups is 1. The number of carbonyl (C=O) groups excluding carboxylic acids is 1. The maximum Gasteiger partial charge on any atom is 0.301 e. The predicted octanol–water partition coefficient (Wildman–Crippen LogP) is 3.16. The number of methoxy groups -OCH3 is 2. The van der Waals surface area contributed by atoms with Crippen molar-refractivity contribution in [2.45, 2.75) is 9.79 Å². The molecule has 0 unspecified atom stereocenters. The van der Waals surface area contributed by atoms with E-state index in [9.17, 15) is 51.0 Å². The Bertz CT molecular complexity index is 1910. The Balaban J connectivity index is 2.18. The highest BCUT2D eigenvalue weighted by molar-refractivity contribution is 7.86. The van der Waals surface area contributed by atoms with Crippen LogP contribution in [0.4, 0.5) is 28.4 Å². The van der Waals surface area contributed by atoms with Crippen molar-refractivity contribution in [1.29, 1.82) is 0 Å². The number of para-hydroxylation sites is 1. The molecule has 0 aliphatic heterocycles. The summed E-state index contributed by atoms with van der Waals surface area (Å²) in [6, 6.07) is 10.2. The molecule has 0 atom stereocenters. The molecule has 0 bridgehead atoms. The molecular weight excluding hydrogens is 634 g/mol. The van der Waals surface area contributed by atoms with E-state index in [0.717, 1.165) is 14.2 Å². The number of benzene rings is 3. The number of nitro benzene ring substituents is 2. The summed E-state index contributed by atoms with van der Waals surface area (Å²) in [6.07, 6.45) is 0. The molecule has 0 aliphatic rings. The van der Waals surface area contributed by atoms with Gasteiger partial charge in [-0.2, -0.15) is 16.8 Å². The molecule has 0 fully saturated rings. The van der Waals surface area contributed by atoms with Crippen LogP contribution >= 0.6 is 0 Å². The average Bonchev–Trinajstić information content (AvgIpc) is 2.95. The van der Waals surface area contributed by atoms with Gasteiger partial charge in [-0.3, -0.25) is 39.6 Å². The van der Waals surface area contributed by atoms with Crippen molar-refractivity contribution in [3.8, 4) is 11.5 Å². The lowest BCUT2D eigenvalue weighted by Gasteiger charge is -2.11. The lowest BCUT2D eigenvalue weighted by Crippen LogP contribution is -2.22. The van der Waals surface area contributed by atoms with Crippen LogP contribution in [0.25, 0.3) is 0 Å². The van der Waals surface area contributed by atoms with Crippen LogP contribution in [0.3, 0.4) is 0 Å². The van der Waals surface area contributed by atoms with Crippen LogP contribution in [0.5, 0.6) is 11.5 Å². The fourth-order valence-corrected chi connectivity index (χ4v) is 4.65. The number of hydrazone groups is 1. The minimum absolute atomic E-state index is 0.239. The van der Waals surface area contributed by atoms with Crippen LogP contribution in [0.1, 0.15) is 0 Å². The van der Waals surface area contributed by atoms with E-state index >= 15 is 0 Å². The van der Waals surface area contributed by atoms with Crippen molar-refractivity contribution in [2.24, 2.45) is 15.3 Å². The molecule has 0 saturated heterocycles. The molecule has 20 nitrogen and oxygen atoms in total. The Morgan fingerprint density at radius 3 is 1.86 bits per heavy atom. The molecule has 22 heteroatoms. The fourth-order valence-electron chi connectivity index (χ4n) is 3.33. The first-order valence-corrected chi connectivity index (χ1v) is 14.2. The number of anilines is 2. The topological polar surface area (TPSA) is 292 Å². The van der Waals surface area contributed by atoms with Crippen molar-refractivity contribution >= 4 is 60.4 Å². The van der Waals surface area contributed by atoms with Crippen molar-refractivity contribution in [2.75, 3.05) is 25.0 Å². The number of amidine groups is 1. The fraction of sp³-hybridized carbons (Fsp3) is 0.0909. The third-order valence-electron chi connectivity index (χ3n) is 5.26. The van der Waals surface area contributed by atoms with Gasteiger partial charge in [0.15, 0.2) is 21.3 Å². The van der Waals surface area contributed by atoms with Gasteiger partial charge in [0.1, 0.15) is 11.4 Å². The smallest absolute Gasteiger partial charge is 0.301 e. The zero-order chi connectivity index (χ0) is 32.8. The summed E-state index contributed by atoms with van der Waals surface area (Å²) in [5, 5.41) is 36.1. The molecule has 1 amide bonds. The van der Waals surface area contributed by atoms with Gasteiger partial charge in [0.25, 0.3) is 23.1 Å². The molecule has 0 heterocycles. The maximum atomic E-state index is 13.1. The second-order valence-corrected chi connectivity index (χ2v) is 10.8. The number of ether oxygens (including phenoxy) is 2. The van der Waals surface area contributed by atoms with Crippen LogP contribution in [0.15, 0.2) is 79.7 Å². The monoisotopic (exact) mass is 653 g/mol. The van der Waals surface area contributed by atoms with Gasteiger partial charge in [0, 0.05) is 5.69 Å². The van der Waals surface area contributed by atoms with E-state index in [0.29, 0.717) is 24.3 Å². The van der Waals surface area contributed by atoms with E-state index in [1.165, 1.54) is 12.1 Å². The lowest BCUT2D eigenvalue weighted by molar-refractivity contribution is -0.388. The number of nitrogens with one attached hydrogen (secondary N) is 2. The summed E-state index contributed by atoms with van der Waals surface area (Å²) in [7, 11) is -8.17. The highest BCUT2D eigenvalue weighted by Crippen LogP contribution is 2.38. The van der Waals surface area contributed by atoms with Crippen molar-refractivity contribution in [1.82, 2.24) is 0 Å². The Morgan fingerprint density at radius 2 is 1.36 bits per heavy atom. The largest absolute Gasteiger partial charge is 0.494 e. The third kappa shape index (κ3) is 7.82. The van der Waals surface area contributed by atoms with Gasteiger partial charge in [-0.25, -0.2) is 0 Å². The van der Waals surface area contributed by atoms with Crippen molar-refractivity contribution in [3.05, 3.63) is 74.8 Å². The Labute approximate surface area is 246 Å². The first-order chi connectivity index (χ1) is 20.6. The first kappa shape index (κ1) is 32.9. The number of nitrogens with zero attached hydrogens (tertiary/aromatic N) is 5. The summed E-state index contributed by atoms with van der Waals surface area (Å²) in [5.41, 5.74) is -0.559. The van der Waals surface area contributed by atoms with E-state index in [2.05, 4.69) is 26.1 Å². The standard InChI is InChI=1S/C22H19N7O13S2/c1-41-17-10-15(28(31)32)19(43(35,36)37)8-13(17)24-26-21(22(30)23-12-6-4-3-5-7-12)27-25-14-9-20(44(38,39)40)16(29(33)34)11-18(14)42-2/h3-11,24H,1-2H3,(H,23,30)(H,35,36,37)(H,38,39,40)/b26-21-,27-25?. The van der Waals surface area contributed by atoms with Gasteiger partial charge in [0.05, 0.1) is 36.2 Å². The minimum Gasteiger partial charge on any atom is -0.494 e. The normalized spacial score (nSPS) is 12.0. The van der Waals surface area contributed by atoms with Gasteiger partial charge in [-0.15, -0.1) is 15.3 Å². The number of hydrogen-bond donors (Lipinski definition) is 4. The quantitative estimate of drug-likeness (QED) is 0.0610. The number of azo groups is 1. The van der Waals surface area contributed by atoms with Crippen LogP contribution < -0.4 is 20.2 Å². The van der Waals surface area contributed by atoms with Gasteiger partial charge in [0.2, 0.25) is 0 Å². The van der Waals surface area contributed by atoms with Crippen molar-refractivity contribution in [3.63, 3.8) is 0 Å². The number of nitro groups is 2. The molecule has 0 radical (unpaired) electrons. The van der Waals surface area contributed by atoms with E-state index in [1.807, 2.05) is 0 Å². The van der Waals surface area contributed by atoms with Gasteiger partial charge in [-0.05, 0) is 24.3 Å². The van der Waals surface area contributed by atoms with E-state index in [-0.39, 0.29) is 11.4 Å². The van der Waals surface area contributed by atoms with Gasteiger partial charge < -0.3 is 14.8 Å². The molecular formula is C22H19N7O13S2. The average molecular weight is 654 g/mol. The van der Waals surface area contributed by atoms with Gasteiger partial charge in [-0.1, -0.05) is 18.2 Å². The molecule has 0 aliphatic carbocycles. The number of hydrogen-bond acceptors (Lipinski definition) is 14. The summed E-state index contributed by atoms with van der Waals surface area (Å²) < 4.78 is 76.0. The molecule has 0 aromatic heterocycles. The number of rotatable bonds is 10. The SMILES string of the molecule is COc1cc([N+](=O)[O-])c(S(=O)(=O)O)cc1N=N/C(=N\Nc1cc(S(=O)(=O)O)c([N+](=O)[O-])cc1OC)C(=O)Nc1ccccc1. The second-order valence-electron chi connectivity index (χ2n) is 8.04. The van der Waals surface area contributed by atoms with Crippen LogP contribution in [0.2, 0.25) is 0 Å². The minimum atomic E-state index is -5.15. The van der Waals surface area contributed by atoms with Crippen molar-refractivity contribution < 1.29 is 50.1 Å². The predicted molar refractivity (Wildman–Crippen MR) is 150 cm³/mol. The van der Waals surface area contributed by atoms with Crippen LogP contribution in [-0.2, 0) is 25.0 Å². The maximum absolute atomic E-state index is 13.1. The highest BCUT2D eigenvalue weighted by atomic mass is 32.2. The lowest BCUT2D eigenvalue weighted by atomic mass is 10.2. The zero-order valence-electron chi connectivity index (χ0n) is 22.1. The molecule has 44 heavy (non-hydrogen) atoms. The molecule has 232 valence electrons. The summed E-state index contributed by atoms with van der Waals surface area (Å²) >= 11 is 0. The Hall–Kier alpha value is -5.58. The first-order valence-electron chi connectivity index (χ1n) is 11.4. The highest BCUT2D eigenvalue weighted by Gasteiger charge is 2.29. The molecule has 3 aromatic carbocycles. The second kappa shape index (κ2) is 13.2. The summed E-state index contributed by atoms with van der Waals surface area (Å²) in [5.74, 6) is -2.68. The molecule has 4 N–H and O–H groups in total. The molecule has 3 rings (SSSR count). The Kier molecular flexibility index (Phi) is 9.85. The summed E-state index contributed by atoms with van der Waals surface area (Å²) in [4.78, 5) is 31.2. The Morgan fingerprint density at radius 1 is 0.841 bits per heavy atom. The van der Waals surface area contributed by atoms with E-state index in [4.69, 9.17) is 9.47 Å². The molecule has 0 spiro atoms. The van der Waals surface area contributed by atoms with Gasteiger partial charge >= 0.3 is 20.2 Å². The number of amides is 1. The van der Waals surface area contributed by atoms with Crippen LogP contribution in [0, 0.1) is 20.2 Å².